The summed E-state index contributed by atoms with van der Waals surface area (Å²) in [6.45, 7) is 3.59. The van der Waals surface area contributed by atoms with Crippen molar-refractivity contribution < 1.29 is 9.90 Å². The first-order valence-corrected chi connectivity index (χ1v) is 16.4. The van der Waals surface area contributed by atoms with E-state index in [2.05, 4.69) is 25.9 Å². The number of hydrogen-bond acceptors (Lipinski definition) is 2. The average Bonchev–Trinajstić information content (AvgIpc) is 3.59. The molecule has 0 amide bonds. The molecule has 0 radical (unpaired) electrons. The number of unbranched alkanes of at least 4 members (excludes halogenated alkanes) is 16. The lowest BCUT2D eigenvalue weighted by molar-refractivity contribution is -0.137. The van der Waals surface area contributed by atoms with Crippen LogP contribution in [0.25, 0.3) is 0 Å². The maximum Gasteiger partial charge on any atom is 0.303 e. The number of carbonyl (C=O) groups is 1. The third kappa shape index (κ3) is 21.5. The molecule has 1 fully saturated rings. The van der Waals surface area contributed by atoms with Crippen LogP contribution in [0, 0.1) is 17.8 Å². The lowest BCUT2D eigenvalue weighted by Gasteiger charge is -2.21. The van der Waals surface area contributed by atoms with Gasteiger partial charge in [0.2, 0.25) is 0 Å². The van der Waals surface area contributed by atoms with Gasteiger partial charge in [0.25, 0.3) is 0 Å². The molecule has 3 atom stereocenters. The summed E-state index contributed by atoms with van der Waals surface area (Å²) in [5.41, 5.74) is 0. The summed E-state index contributed by atoms with van der Waals surface area (Å²) in [6, 6.07) is 0. The largest absolute Gasteiger partial charge is 0.481 e. The second-order valence-electron chi connectivity index (χ2n) is 12.5. The highest BCUT2D eigenvalue weighted by Crippen LogP contribution is 2.45. The van der Waals surface area contributed by atoms with Gasteiger partial charge in [-0.25, -0.2) is 0 Å². The van der Waals surface area contributed by atoms with Gasteiger partial charge in [0, 0.05) is 13.0 Å². The van der Waals surface area contributed by atoms with Crippen LogP contribution in [-0.4, -0.2) is 36.6 Å². The first-order valence-electron chi connectivity index (χ1n) is 16.4. The van der Waals surface area contributed by atoms with Crippen molar-refractivity contribution in [3.8, 4) is 0 Å². The highest BCUT2D eigenvalue weighted by molar-refractivity contribution is 5.66. The van der Waals surface area contributed by atoms with E-state index in [1.807, 2.05) is 0 Å². The maximum atomic E-state index is 10.5. The molecule has 0 saturated heterocycles. The number of carboxylic acid groups (broad SMARTS) is 1. The molecule has 0 bridgehead atoms. The van der Waals surface area contributed by atoms with Gasteiger partial charge in [0.15, 0.2) is 0 Å². The van der Waals surface area contributed by atoms with E-state index < -0.39 is 5.97 Å². The van der Waals surface area contributed by atoms with Crippen LogP contribution in [0.4, 0.5) is 0 Å². The zero-order valence-corrected chi connectivity index (χ0v) is 24.9. The minimum absolute atomic E-state index is 0.349. The Morgan fingerprint density at radius 2 is 1.08 bits per heavy atom. The lowest BCUT2D eigenvalue weighted by atomic mass is 9.93. The van der Waals surface area contributed by atoms with Gasteiger partial charge >= 0.3 is 5.97 Å². The van der Waals surface area contributed by atoms with Crippen molar-refractivity contribution in [2.75, 3.05) is 20.6 Å². The smallest absolute Gasteiger partial charge is 0.303 e. The minimum atomic E-state index is -0.644. The Morgan fingerprint density at radius 3 is 1.53 bits per heavy atom. The minimum Gasteiger partial charge on any atom is -0.481 e. The molecule has 36 heavy (non-hydrogen) atoms. The van der Waals surface area contributed by atoms with Gasteiger partial charge in [-0.3, -0.25) is 4.79 Å². The second-order valence-corrected chi connectivity index (χ2v) is 12.5. The van der Waals surface area contributed by atoms with Crippen LogP contribution in [0.2, 0.25) is 0 Å². The van der Waals surface area contributed by atoms with E-state index >= 15 is 0 Å². The van der Waals surface area contributed by atoms with Gasteiger partial charge in [-0.1, -0.05) is 135 Å². The van der Waals surface area contributed by atoms with E-state index in [0.29, 0.717) is 6.42 Å². The standard InChI is InChI=1S/C33H65NO2/c1-4-5-6-7-13-18-23-30(29-34(2)3)24-19-14-10-8-9-11-15-20-25-31-28-32(31)26-21-16-12-17-22-27-33(35)36/h30-32H,4-29H2,1-3H3,(H,35,36). The Balaban J connectivity index is 1.85. The summed E-state index contributed by atoms with van der Waals surface area (Å²) in [5, 5.41) is 8.67. The van der Waals surface area contributed by atoms with Crippen LogP contribution in [-0.2, 0) is 4.79 Å². The zero-order chi connectivity index (χ0) is 26.3. The Morgan fingerprint density at radius 1 is 0.667 bits per heavy atom. The SMILES string of the molecule is CCCCCCCCC(CCCCCCCCCCC1CC1CCCCCCCC(=O)O)CN(C)C. The lowest BCUT2D eigenvalue weighted by Crippen LogP contribution is -2.21. The van der Waals surface area contributed by atoms with E-state index in [-0.39, 0.29) is 0 Å². The normalized spacial score (nSPS) is 18.1. The van der Waals surface area contributed by atoms with Crippen molar-refractivity contribution >= 4 is 5.97 Å². The Hall–Kier alpha value is -0.570. The van der Waals surface area contributed by atoms with Gasteiger partial charge in [0.05, 0.1) is 0 Å². The first-order chi connectivity index (χ1) is 17.5. The summed E-state index contributed by atoms with van der Waals surface area (Å²) < 4.78 is 0. The Kier molecular flexibility index (Phi) is 21.9. The van der Waals surface area contributed by atoms with E-state index in [4.69, 9.17) is 5.11 Å². The fourth-order valence-corrected chi connectivity index (χ4v) is 6.19. The molecule has 0 aromatic heterocycles. The molecule has 0 heterocycles. The number of rotatable bonds is 28. The summed E-state index contributed by atoms with van der Waals surface area (Å²) in [5.74, 6) is 2.35. The van der Waals surface area contributed by atoms with Crippen molar-refractivity contribution in [2.45, 2.75) is 167 Å². The van der Waals surface area contributed by atoms with E-state index in [1.54, 1.807) is 0 Å². The predicted octanol–water partition coefficient (Wildman–Crippen LogP) is 10.3. The molecular formula is C33H65NO2. The quantitative estimate of drug-likeness (QED) is 0.107. The fraction of sp³-hybridized carbons (Fsp3) is 0.970. The second kappa shape index (κ2) is 23.5. The molecule has 0 aliphatic heterocycles. The molecule has 0 aromatic rings. The number of hydrogen-bond donors (Lipinski definition) is 1. The Labute approximate surface area is 226 Å². The molecule has 3 nitrogen and oxygen atoms in total. The number of nitrogens with zero attached hydrogens (tertiary/aromatic N) is 1. The van der Waals surface area contributed by atoms with Gasteiger partial charge in [-0.15, -0.1) is 0 Å². The highest BCUT2D eigenvalue weighted by atomic mass is 16.4. The van der Waals surface area contributed by atoms with Crippen LogP contribution >= 0.6 is 0 Å². The highest BCUT2D eigenvalue weighted by Gasteiger charge is 2.34. The third-order valence-electron chi connectivity index (χ3n) is 8.56. The third-order valence-corrected chi connectivity index (χ3v) is 8.56. The van der Waals surface area contributed by atoms with Crippen molar-refractivity contribution in [3.05, 3.63) is 0 Å². The molecule has 1 N–H and O–H groups in total. The van der Waals surface area contributed by atoms with Crippen LogP contribution < -0.4 is 0 Å². The van der Waals surface area contributed by atoms with E-state index in [0.717, 1.165) is 30.6 Å². The van der Waals surface area contributed by atoms with Crippen molar-refractivity contribution in [2.24, 2.45) is 17.8 Å². The maximum absolute atomic E-state index is 10.5. The predicted molar refractivity (Wildman–Crippen MR) is 158 cm³/mol. The first kappa shape index (κ1) is 33.5. The molecule has 3 heteroatoms. The Bertz CT molecular complexity index is 492. The van der Waals surface area contributed by atoms with Crippen LogP contribution in [0.3, 0.4) is 0 Å². The summed E-state index contributed by atoms with van der Waals surface area (Å²) in [6.07, 6.45) is 33.7. The number of aliphatic carboxylic acids is 1. The molecule has 214 valence electrons. The summed E-state index contributed by atoms with van der Waals surface area (Å²) in [7, 11) is 4.49. The van der Waals surface area contributed by atoms with Gasteiger partial charge < -0.3 is 10.0 Å². The zero-order valence-electron chi connectivity index (χ0n) is 24.9. The van der Waals surface area contributed by atoms with Crippen LogP contribution in [0.5, 0.6) is 0 Å². The molecular weight excluding hydrogens is 442 g/mol. The topological polar surface area (TPSA) is 40.5 Å². The molecule has 0 spiro atoms. The van der Waals surface area contributed by atoms with Gasteiger partial charge in [0.1, 0.15) is 0 Å². The summed E-state index contributed by atoms with van der Waals surface area (Å²) >= 11 is 0. The van der Waals surface area contributed by atoms with Gasteiger partial charge in [-0.2, -0.15) is 0 Å². The van der Waals surface area contributed by atoms with Crippen LogP contribution in [0.15, 0.2) is 0 Å². The van der Waals surface area contributed by atoms with Crippen molar-refractivity contribution in [1.29, 1.82) is 0 Å². The number of carboxylic acids is 1. The molecule has 1 aliphatic rings. The van der Waals surface area contributed by atoms with Crippen LogP contribution in [0.1, 0.15) is 167 Å². The fourth-order valence-electron chi connectivity index (χ4n) is 6.19. The monoisotopic (exact) mass is 508 g/mol. The molecule has 3 unspecified atom stereocenters. The van der Waals surface area contributed by atoms with Crippen molar-refractivity contribution in [1.82, 2.24) is 4.90 Å². The van der Waals surface area contributed by atoms with Crippen molar-refractivity contribution in [3.63, 3.8) is 0 Å². The van der Waals surface area contributed by atoms with Gasteiger partial charge in [-0.05, 0) is 57.5 Å². The van der Waals surface area contributed by atoms with E-state index in [9.17, 15) is 4.79 Å². The summed E-state index contributed by atoms with van der Waals surface area (Å²) in [4.78, 5) is 12.9. The molecule has 1 aliphatic carbocycles. The molecule has 1 rings (SSSR count). The molecule has 1 saturated carbocycles. The van der Waals surface area contributed by atoms with E-state index in [1.165, 1.54) is 148 Å². The molecule has 0 aromatic carbocycles. The average molecular weight is 508 g/mol.